The maximum atomic E-state index is 12.1. The van der Waals surface area contributed by atoms with Crippen LogP contribution in [-0.4, -0.2) is 50.6 Å². The van der Waals surface area contributed by atoms with Gasteiger partial charge in [-0.15, -0.1) is 6.58 Å². The molecule has 1 aliphatic rings. The third-order valence-electron chi connectivity index (χ3n) is 2.94. The van der Waals surface area contributed by atoms with Crippen LogP contribution in [0.2, 0.25) is 0 Å². The Labute approximate surface area is 126 Å². The summed E-state index contributed by atoms with van der Waals surface area (Å²) in [5, 5.41) is 0. The van der Waals surface area contributed by atoms with E-state index >= 15 is 0 Å². The van der Waals surface area contributed by atoms with Crippen LogP contribution in [0, 0.1) is 0 Å². The zero-order valence-electron chi connectivity index (χ0n) is 13.1. The molecule has 0 saturated carbocycles. The van der Waals surface area contributed by atoms with E-state index in [0.29, 0.717) is 6.61 Å². The van der Waals surface area contributed by atoms with Gasteiger partial charge in [0.25, 0.3) is 0 Å². The Morgan fingerprint density at radius 3 is 2.57 bits per heavy atom. The number of esters is 1. The van der Waals surface area contributed by atoms with E-state index in [0.717, 1.165) is 12.8 Å². The molecular formula is C15H26O6. The van der Waals surface area contributed by atoms with Crippen molar-refractivity contribution >= 4 is 5.97 Å². The summed E-state index contributed by atoms with van der Waals surface area (Å²) in [7, 11) is 0. The van der Waals surface area contributed by atoms with E-state index in [1.807, 2.05) is 0 Å². The van der Waals surface area contributed by atoms with Crippen molar-refractivity contribution in [3.63, 3.8) is 0 Å². The third kappa shape index (κ3) is 5.74. The predicted octanol–water partition coefficient (Wildman–Crippen LogP) is 2.02. The van der Waals surface area contributed by atoms with Gasteiger partial charge in [-0.2, -0.15) is 0 Å². The van der Waals surface area contributed by atoms with Crippen LogP contribution in [-0.2, 0) is 28.5 Å². The smallest absolute Gasteiger partial charge is 0.338 e. The first-order chi connectivity index (χ1) is 10.1. The Morgan fingerprint density at radius 2 is 2.05 bits per heavy atom. The SMILES string of the molecule is C=CCO[C@@H](C(=O)OCC)[C@@H](OCCCC)C1OC(C)O1. The first kappa shape index (κ1) is 18.1. The van der Waals surface area contributed by atoms with Gasteiger partial charge in [0.15, 0.2) is 18.7 Å². The second-order valence-electron chi connectivity index (χ2n) is 4.69. The van der Waals surface area contributed by atoms with Crippen LogP contribution in [0.3, 0.4) is 0 Å². The molecule has 0 aromatic carbocycles. The Hall–Kier alpha value is -0.950. The number of carbonyl (C=O) groups excluding carboxylic acids is 1. The van der Waals surface area contributed by atoms with Crippen molar-refractivity contribution < 1.29 is 28.5 Å². The van der Waals surface area contributed by atoms with Crippen LogP contribution in [0.25, 0.3) is 0 Å². The molecule has 0 aliphatic carbocycles. The second kappa shape index (κ2) is 9.89. The van der Waals surface area contributed by atoms with E-state index in [1.165, 1.54) is 0 Å². The lowest BCUT2D eigenvalue weighted by atomic mass is 10.1. The summed E-state index contributed by atoms with van der Waals surface area (Å²) in [5.41, 5.74) is 0. The van der Waals surface area contributed by atoms with Crippen molar-refractivity contribution in [3.8, 4) is 0 Å². The number of unbranched alkanes of at least 4 members (excludes halogenated alkanes) is 1. The Morgan fingerprint density at radius 1 is 1.33 bits per heavy atom. The van der Waals surface area contributed by atoms with Gasteiger partial charge < -0.3 is 23.7 Å². The maximum absolute atomic E-state index is 12.1. The molecule has 0 amide bonds. The lowest BCUT2D eigenvalue weighted by Gasteiger charge is -2.40. The summed E-state index contributed by atoms with van der Waals surface area (Å²) in [6.07, 6.45) is 0.998. The molecule has 0 spiro atoms. The van der Waals surface area contributed by atoms with Gasteiger partial charge in [-0.1, -0.05) is 19.4 Å². The number of carbonyl (C=O) groups is 1. The quantitative estimate of drug-likeness (QED) is 0.330. The lowest BCUT2D eigenvalue weighted by Crippen LogP contribution is -2.55. The predicted molar refractivity (Wildman–Crippen MR) is 76.6 cm³/mol. The Kier molecular flexibility index (Phi) is 8.52. The summed E-state index contributed by atoms with van der Waals surface area (Å²) in [4.78, 5) is 12.1. The van der Waals surface area contributed by atoms with Gasteiger partial charge in [0, 0.05) is 6.61 Å². The van der Waals surface area contributed by atoms with Crippen molar-refractivity contribution in [2.24, 2.45) is 0 Å². The number of rotatable bonds is 11. The van der Waals surface area contributed by atoms with E-state index in [1.54, 1.807) is 19.9 Å². The third-order valence-corrected chi connectivity index (χ3v) is 2.94. The fraction of sp³-hybridized carbons (Fsp3) is 0.800. The summed E-state index contributed by atoms with van der Waals surface area (Å²) in [6.45, 7) is 10.2. The van der Waals surface area contributed by atoms with Crippen LogP contribution < -0.4 is 0 Å². The molecule has 6 nitrogen and oxygen atoms in total. The second-order valence-corrected chi connectivity index (χ2v) is 4.69. The molecule has 6 heteroatoms. The average molecular weight is 302 g/mol. The van der Waals surface area contributed by atoms with Gasteiger partial charge in [-0.05, 0) is 20.3 Å². The zero-order valence-corrected chi connectivity index (χ0v) is 13.1. The number of ether oxygens (including phenoxy) is 5. The largest absolute Gasteiger partial charge is 0.464 e. The molecule has 0 unspecified atom stereocenters. The molecule has 1 heterocycles. The van der Waals surface area contributed by atoms with Crippen LogP contribution in [0.5, 0.6) is 0 Å². The highest BCUT2D eigenvalue weighted by Crippen LogP contribution is 2.25. The fourth-order valence-corrected chi connectivity index (χ4v) is 1.91. The normalized spacial score (nSPS) is 24.0. The molecule has 0 bridgehead atoms. The highest BCUT2D eigenvalue weighted by atomic mass is 16.9. The minimum absolute atomic E-state index is 0.222. The summed E-state index contributed by atoms with van der Waals surface area (Å²) in [6, 6.07) is 0. The molecule has 2 atom stereocenters. The first-order valence-electron chi connectivity index (χ1n) is 7.45. The molecule has 0 radical (unpaired) electrons. The zero-order chi connectivity index (χ0) is 15.7. The molecule has 122 valence electrons. The monoisotopic (exact) mass is 302 g/mol. The number of hydrogen-bond donors (Lipinski definition) is 0. The standard InChI is InChI=1S/C15H26O6/c1-5-8-10-19-13(15-20-11(4)21-15)12(18-9-6-2)14(16)17-7-3/h6,11-13,15H,2,5,7-10H2,1,3-4H3/t11?,12-,13-,15?/m1/s1. The van der Waals surface area contributed by atoms with Gasteiger partial charge in [0.2, 0.25) is 0 Å². The lowest BCUT2D eigenvalue weighted by molar-refractivity contribution is -0.408. The average Bonchev–Trinajstić information content (AvgIpc) is 2.43. The summed E-state index contributed by atoms with van der Waals surface area (Å²) in [5.74, 6) is -0.479. The van der Waals surface area contributed by atoms with Crippen molar-refractivity contribution in [2.45, 2.75) is 58.4 Å². The molecule has 1 saturated heterocycles. The molecule has 0 aromatic heterocycles. The van der Waals surface area contributed by atoms with Crippen LogP contribution in [0.4, 0.5) is 0 Å². The molecule has 1 fully saturated rings. The van der Waals surface area contributed by atoms with Crippen molar-refractivity contribution in [3.05, 3.63) is 12.7 Å². The summed E-state index contributed by atoms with van der Waals surface area (Å²) >= 11 is 0. The van der Waals surface area contributed by atoms with E-state index in [2.05, 4.69) is 13.5 Å². The highest BCUT2D eigenvalue weighted by Gasteiger charge is 2.44. The molecule has 0 N–H and O–H groups in total. The minimum Gasteiger partial charge on any atom is -0.464 e. The Balaban J connectivity index is 2.71. The van der Waals surface area contributed by atoms with E-state index < -0.39 is 24.5 Å². The van der Waals surface area contributed by atoms with Gasteiger partial charge in [-0.25, -0.2) is 4.79 Å². The van der Waals surface area contributed by atoms with Crippen LogP contribution >= 0.6 is 0 Å². The van der Waals surface area contributed by atoms with E-state index in [-0.39, 0.29) is 19.5 Å². The van der Waals surface area contributed by atoms with Gasteiger partial charge in [-0.3, -0.25) is 0 Å². The molecular weight excluding hydrogens is 276 g/mol. The maximum Gasteiger partial charge on any atom is 0.338 e. The van der Waals surface area contributed by atoms with E-state index in [9.17, 15) is 4.79 Å². The topological polar surface area (TPSA) is 63.2 Å². The first-order valence-corrected chi connectivity index (χ1v) is 7.45. The van der Waals surface area contributed by atoms with E-state index in [4.69, 9.17) is 23.7 Å². The van der Waals surface area contributed by atoms with Gasteiger partial charge in [0.05, 0.1) is 13.2 Å². The van der Waals surface area contributed by atoms with Crippen molar-refractivity contribution in [2.75, 3.05) is 19.8 Å². The highest BCUT2D eigenvalue weighted by molar-refractivity contribution is 5.75. The minimum atomic E-state index is -0.891. The Bertz CT molecular complexity index is 313. The van der Waals surface area contributed by atoms with Crippen LogP contribution in [0.15, 0.2) is 12.7 Å². The van der Waals surface area contributed by atoms with Crippen LogP contribution in [0.1, 0.15) is 33.6 Å². The number of hydrogen-bond acceptors (Lipinski definition) is 6. The molecule has 21 heavy (non-hydrogen) atoms. The van der Waals surface area contributed by atoms with Crippen molar-refractivity contribution in [1.29, 1.82) is 0 Å². The molecule has 1 rings (SSSR count). The van der Waals surface area contributed by atoms with Gasteiger partial charge >= 0.3 is 5.97 Å². The van der Waals surface area contributed by atoms with Gasteiger partial charge in [0.1, 0.15) is 6.10 Å². The van der Waals surface area contributed by atoms with Crippen molar-refractivity contribution in [1.82, 2.24) is 0 Å². The molecule has 0 aromatic rings. The fourth-order valence-electron chi connectivity index (χ4n) is 1.91. The summed E-state index contributed by atoms with van der Waals surface area (Å²) < 4.78 is 27.2. The molecule has 1 aliphatic heterocycles.